The lowest BCUT2D eigenvalue weighted by Gasteiger charge is -2.12. The fourth-order valence-electron chi connectivity index (χ4n) is 1.88. The predicted octanol–water partition coefficient (Wildman–Crippen LogP) is 3.62. The zero-order valence-electron chi connectivity index (χ0n) is 11.0. The first-order valence-corrected chi connectivity index (χ1v) is 7.15. The fraction of sp³-hybridized carbons (Fsp3) is 0.923. The zero-order chi connectivity index (χ0) is 12.9. The smallest absolute Gasteiger partial charge is 0.217 e. The molecule has 4 heteroatoms. The summed E-state index contributed by atoms with van der Waals surface area (Å²) in [6, 6.07) is 0. The van der Waals surface area contributed by atoms with E-state index in [9.17, 15) is 4.79 Å². The Morgan fingerprint density at radius 3 is 2.24 bits per heavy atom. The Hall–Kier alpha value is -0.220. The normalized spacial score (nSPS) is 12.6. The highest BCUT2D eigenvalue weighted by molar-refractivity contribution is 7.75. The molecule has 102 valence electrons. The quantitative estimate of drug-likeness (QED) is 0.320. The fourth-order valence-corrected chi connectivity index (χ4v) is 2.09. The van der Waals surface area contributed by atoms with E-state index in [-0.39, 0.29) is 12.0 Å². The van der Waals surface area contributed by atoms with Gasteiger partial charge < -0.3 is 9.92 Å². The Labute approximate surface area is 111 Å². The Bertz CT molecular complexity index is 188. The number of carbonyl (C=O) groups is 1. The Morgan fingerprint density at radius 1 is 1.12 bits per heavy atom. The van der Waals surface area contributed by atoms with Crippen molar-refractivity contribution in [2.45, 2.75) is 77.2 Å². The number of primary amides is 1. The second-order valence-electron chi connectivity index (χ2n) is 4.64. The van der Waals surface area contributed by atoms with Crippen LogP contribution in [0.1, 0.15) is 71.1 Å². The lowest BCUT2D eigenvalue weighted by Crippen LogP contribution is -2.16. The molecule has 0 saturated carbocycles. The van der Waals surface area contributed by atoms with Gasteiger partial charge in [0.05, 0.1) is 6.10 Å². The van der Waals surface area contributed by atoms with E-state index in [1.54, 1.807) is 0 Å². The first-order valence-electron chi connectivity index (χ1n) is 6.79. The summed E-state index contributed by atoms with van der Waals surface area (Å²) in [6.45, 7) is 2.23. The highest BCUT2D eigenvalue weighted by Gasteiger charge is 2.09. The molecule has 0 bridgehead atoms. The van der Waals surface area contributed by atoms with Crippen molar-refractivity contribution in [1.29, 1.82) is 0 Å². The molecule has 1 unspecified atom stereocenters. The third-order valence-electron chi connectivity index (χ3n) is 2.99. The Balaban J connectivity index is 3.34. The van der Waals surface area contributed by atoms with Gasteiger partial charge in [0, 0.05) is 6.42 Å². The molecule has 3 nitrogen and oxygen atoms in total. The van der Waals surface area contributed by atoms with Crippen molar-refractivity contribution in [3.05, 3.63) is 0 Å². The van der Waals surface area contributed by atoms with Gasteiger partial charge in [-0.3, -0.25) is 4.79 Å². The third kappa shape index (κ3) is 12.0. The lowest BCUT2D eigenvalue weighted by atomic mass is 10.0. The minimum Gasteiger partial charge on any atom is -0.370 e. The largest absolute Gasteiger partial charge is 0.370 e. The average molecular weight is 261 g/mol. The lowest BCUT2D eigenvalue weighted by molar-refractivity contribution is -0.118. The first-order chi connectivity index (χ1) is 8.20. The average Bonchev–Trinajstić information content (AvgIpc) is 2.31. The zero-order valence-corrected chi connectivity index (χ0v) is 11.9. The Kier molecular flexibility index (Phi) is 12.1. The summed E-state index contributed by atoms with van der Waals surface area (Å²) in [7, 11) is 0. The van der Waals surface area contributed by atoms with E-state index in [1.807, 2.05) is 0 Å². The summed E-state index contributed by atoms with van der Waals surface area (Å²) >= 11 is 3.84. The molecule has 0 aliphatic heterocycles. The number of unbranched alkanes of at least 4 members (excludes halogenated alkanes) is 6. The van der Waals surface area contributed by atoms with Crippen LogP contribution in [-0.4, -0.2) is 12.0 Å². The molecular formula is C13H27NO2S. The van der Waals surface area contributed by atoms with Gasteiger partial charge in [0.25, 0.3) is 0 Å². The van der Waals surface area contributed by atoms with Crippen LogP contribution < -0.4 is 5.73 Å². The van der Waals surface area contributed by atoms with Crippen LogP contribution in [0, 0.1) is 0 Å². The van der Waals surface area contributed by atoms with Gasteiger partial charge >= 0.3 is 0 Å². The molecule has 0 aliphatic rings. The molecule has 2 N–H and O–H groups in total. The maximum Gasteiger partial charge on any atom is 0.217 e. The number of thiol groups is 1. The van der Waals surface area contributed by atoms with Crippen LogP contribution in [0.5, 0.6) is 0 Å². The van der Waals surface area contributed by atoms with E-state index in [4.69, 9.17) is 9.92 Å². The van der Waals surface area contributed by atoms with Crippen molar-refractivity contribution < 1.29 is 8.98 Å². The summed E-state index contributed by atoms with van der Waals surface area (Å²) in [6.07, 6.45) is 11.2. The molecule has 0 aromatic heterocycles. The second-order valence-corrected chi connectivity index (χ2v) is 4.85. The van der Waals surface area contributed by atoms with Crippen LogP contribution in [0.25, 0.3) is 0 Å². The number of nitrogens with two attached hydrogens (primary N) is 1. The van der Waals surface area contributed by atoms with Gasteiger partial charge in [-0.1, -0.05) is 51.9 Å². The van der Waals surface area contributed by atoms with Crippen LogP contribution in [-0.2, 0) is 8.98 Å². The standard InChI is InChI=1S/C13H27NO2S/c1-2-3-4-5-6-7-8-9-12(16-17)10-11-13(14)15/h12,17H,2-11H2,1H3,(H2,14,15). The predicted molar refractivity (Wildman–Crippen MR) is 74.9 cm³/mol. The summed E-state index contributed by atoms with van der Waals surface area (Å²) < 4.78 is 5.03. The molecule has 0 heterocycles. The second kappa shape index (κ2) is 12.2. The van der Waals surface area contributed by atoms with Gasteiger partial charge in [-0.15, -0.1) is 0 Å². The molecule has 0 spiro atoms. The highest BCUT2D eigenvalue weighted by atomic mass is 32.1. The van der Waals surface area contributed by atoms with Gasteiger partial charge in [0.15, 0.2) is 0 Å². The molecule has 0 aliphatic carbocycles. The van der Waals surface area contributed by atoms with Gasteiger partial charge in [-0.25, -0.2) is 0 Å². The number of amides is 1. The summed E-state index contributed by atoms with van der Waals surface area (Å²) in [5.74, 6) is -0.264. The molecular weight excluding hydrogens is 234 g/mol. The maximum atomic E-state index is 10.6. The molecule has 0 radical (unpaired) electrons. The van der Waals surface area contributed by atoms with Gasteiger partial charge in [0.2, 0.25) is 5.91 Å². The van der Waals surface area contributed by atoms with E-state index < -0.39 is 0 Å². The molecule has 0 fully saturated rings. The molecule has 0 rings (SSSR count). The van der Waals surface area contributed by atoms with Crippen molar-refractivity contribution in [3.8, 4) is 0 Å². The third-order valence-corrected chi connectivity index (χ3v) is 3.29. The van der Waals surface area contributed by atoms with Crippen LogP contribution >= 0.6 is 12.9 Å². The first kappa shape index (κ1) is 16.8. The highest BCUT2D eigenvalue weighted by Crippen LogP contribution is 2.15. The van der Waals surface area contributed by atoms with E-state index >= 15 is 0 Å². The minimum atomic E-state index is -0.264. The number of hydrogen-bond acceptors (Lipinski definition) is 3. The van der Waals surface area contributed by atoms with E-state index in [0.29, 0.717) is 12.8 Å². The molecule has 17 heavy (non-hydrogen) atoms. The van der Waals surface area contributed by atoms with Gasteiger partial charge in [-0.2, -0.15) is 0 Å². The van der Waals surface area contributed by atoms with Crippen LogP contribution in [0.2, 0.25) is 0 Å². The van der Waals surface area contributed by atoms with Gasteiger partial charge in [-0.05, 0) is 25.8 Å². The summed E-state index contributed by atoms with van der Waals surface area (Å²) in [4.78, 5) is 10.6. The van der Waals surface area contributed by atoms with E-state index in [2.05, 4.69) is 19.8 Å². The van der Waals surface area contributed by atoms with Crippen molar-refractivity contribution in [3.63, 3.8) is 0 Å². The van der Waals surface area contributed by atoms with Crippen molar-refractivity contribution >= 4 is 18.8 Å². The monoisotopic (exact) mass is 261 g/mol. The van der Waals surface area contributed by atoms with E-state index in [0.717, 1.165) is 12.8 Å². The SMILES string of the molecule is CCCCCCCCCC(CCC(N)=O)OS. The molecule has 0 aromatic rings. The summed E-state index contributed by atoms with van der Waals surface area (Å²) in [5.41, 5.74) is 5.10. The van der Waals surface area contributed by atoms with Crippen molar-refractivity contribution in [2.75, 3.05) is 0 Å². The molecule has 0 aromatic carbocycles. The topological polar surface area (TPSA) is 52.3 Å². The van der Waals surface area contributed by atoms with Crippen LogP contribution in [0.4, 0.5) is 0 Å². The van der Waals surface area contributed by atoms with Crippen molar-refractivity contribution in [2.24, 2.45) is 5.73 Å². The molecule has 1 amide bonds. The summed E-state index contributed by atoms with van der Waals surface area (Å²) in [5, 5.41) is 0. The van der Waals surface area contributed by atoms with Crippen LogP contribution in [0.3, 0.4) is 0 Å². The van der Waals surface area contributed by atoms with E-state index in [1.165, 1.54) is 38.5 Å². The number of carbonyl (C=O) groups excluding carboxylic acids is 1. The van der Waals surface area contributed by atoms with Crippen LogP contribution in [0.15, 0.2) is 0 Å². The number of hydrogen-bond donors (Lipinski definition) is 2. The van der Waals surface area contributed by atoms with Crippen molar-refractivity contribution in [1.82, 2.24) is 0 Å². The molecule has 1 atom stereocenters. The van der Waals surface area contributed by atoms with Gasteiger partial charge in [0.1, 0.15) is 0 Å². The number of rotatable bonds is 12. The molecule has 0 saturated heterocycles. The Morgan fingerprint density at radius 2 is 1.71 bits per heavy atom. The maximum absolute atomic E-state index is 10.6. The minimum absolute atomic E-state index is 0.0708.